The van der Waals surface area contributed by atoms with Gasteiger partial charge in [-0.05, 0) is 30.7 Å². The zero-order chi connectivity index (χ0) is 15.9. The Labute approximate surface area is 136 Å². The van der Waals surface area contributed by atoms with Gasteiger partial charge in [-0.15, -0.1) is 0 Å². The van der Waals surface area contributed by atoms with Crippen molar-refractivity contribution in [3.8, 4) is 17.0 Å². The fourth-order valence-electron chi connectivity index (χ4n) is 2.63. The van der Waals surface area contributed by atoms with E-state index < -0.39 is 0 Å². The molecule has 2 aromatic carbocycles. The molecule has 0 aliphatic heterocycles. The van der Waals surface area contributed by atoms with Crippen LogP contribution in [0.2, 0.25) is 0 Å². The highest BCUT2D eigenvalue weighted by atomic mass is 16.5. The number of hydrogen-bond donors (Lipinski definition) is 2. The van der Waals surface area contributed by atoms with Crippen molar-refractivity contribution in [1.29, 1.82) is 0 Å². The predicted octanol–water partition coefficient (Wildman–Crippen LogP) is 3.42. The van der Waals surface area contributed by atoms with Crippen LogP contribution in [0.1, 0.15) is 11.1 Å². The SMILES string of the molecule is COc1ccccc1-c1[nH]ncc1CNCCc1ccccc1. The van der Waals surface area contributed by atoms with Gasteiger partial charge >= 0.3 is 0 Å². The molecule has 0 spiro atoms. The molecule has 0 aliphatic rings. The lowest BCUT2D eigenvalue weighted by atomic mass is 10.1. The van der Waals surface area contributed by atoms with E-state index in [1.165, 1.54) is 5.56 Å². The average Bonchev–Trinajstić information content (AvgIpc) is 3.08. The van der Waals surface area contributed by atoms with Crippen molar-refractivity contribution in [2.24, 2.45) is 0 Å². The summed E-state index contributed by atoms with van der Waals surface area (Å²) in [4.78, 5) is 0. The van der Waals surface area contributed by atoms with E-state index in [0.29, 0.717) is 0 Å². The van der Waals surface area contributed by atoms with Crippen molar-refractivity contribution >= 4 is 0 Å². The fraction of sp³-hybridized carbons (Fsp3) is 0.211. The molecule has 118 valence electrons. The van der Waals surface area contributed by atoms with E-state index >= 15 is 0 Å². The molecule has 0 fully saturated rings. The maximum atomic E-state index is 5.44. The van der Waals surface area contributed by atoms with E-state index in [1.807, 2.05) is 36.5 Å². The van der Waals surface area contributed by atoms with Gasteiger partial charge in [-0.1, -0.05) is 42.5 Å². The highest BCUT2D eigenvalue weighted by Gasteiger charge is 2.11. The zero-order valence-electron chi connectivity index (χ0n) is 13.3. The molecule has 0 radical (unpaired) electrons. The Bertz CT molecular complexity index is 737. The predicted molar refractivity (Wildman–Crippen MR) is 92.4 cm³/mol. The largest absolute Gasteiger partial charge is 0.496 e. The second-order valence-electron chi connectivity index (χ2n) is 5.38. The van der Waals surface area contributed by atoms with Crippen LogP contribution in [0.5, 0.6) is 5.75 Å². The third kappa shape index (κ3) is 3.79. The van der Waals surface area contributed by atoms with Crippen molar-refractivity contribution in [2.45, 2.75) is 13.0 Å². The van der Waals surface area contributed by atoms with Gasteiger partial charge < -0.3 is 10.1 Å². The molecule has 0 bridgehead atoms. The Balaban J connectivity index is 1.63. The molecule has 23 heavy (non-hydrogen) atoms. The van der Waals surface area contributed by atoms with Gasteiger partial charge in [-0.2, -0.15) is 5.10 Å². The first-order valence-corrected chi connectivity index (χ1v) is 7.79. The third-order valence-electron chi connectivity index (χ3n) is 3.84. The summed E-state index contributed by atoms with van der Waals surface area (Å²) in [6.45, 7) is 1.71. The molecule has 0 saturated heterocycles. The van der Waals surface area contributed by atoms with E-state index in [4.69, 9.17) is 4.74 Å². The van der Waals surface area contributed by atoms with Crippen LogP contribution in [-0.2, 0) is 13.0 Å². The number of hydrogen-bond acceptors (Lipinski definition) is 3. The minimum atomic E-state index is 0.775. The standard InChI is InChI=1S/C19H21N3O/c1-23-18-10-6-5-9-17(18)19-16(14-21-22-19)13-20-12-11-15-7-3-2-4-8-15/h2-10,14,20H,11-13H2,1H3,(H,21,22). The molecule has 1 aromatic heterocycles. The van der Waals surface area contributed by atoms with Crippen LogP contribution < -0.4 is 10.1 Å². The number of nitrogens with one attached hydrogen (secondary N) is 2. The van der Waals surface area contributed by atoms with Gasteiger partial charge in [-0.25, -0.2) is 0 Å². The summed E-state index contributed by atoms with van der Waals surface area (Å²) in [6, 6.07) is 18.5. The van der Waals surface area contributed by atoms with Gasteiger partial charge in [0.1, 0.15) is 5.75 Å². The Hall–Kier alpha value is -2.59. The second-order valence-corrected chi connectivity index (χ2v) is 5.38. The van der Waals surface area contributed by atoms with Crippen LogP contribution in [0.25, 0.3) is 11.3 Å². The molecule has 4 heteroatoms. The number of ether oxygens (including phenoxy) is 1. The van der Waals surface area contributed by atoms with E-state index in [9.17, 15) is 0 Å². The van der Waals surface area contributed by atoms with Crippen LogP contribution in [-0.4, -0.2) is 23.9 Å². The van der Waals surface area contributed by atoms with Crippen molar-refractivity contribution in [1.82, 2.24) is 15.5 Å². The summed E-state index contributed by atoms with van der Waals surface area (Å²) in [7, 11) is 1.69. The summed E-state index contributed by atoms with van der Waals surface area (Å²) in [6.07, 6.45) is 2.89. The Morgan fingerprint density at radius 2 is 1.83 bits per heavy atom. The summed E-state index contributed by atoms with van der Waals surface area (Å²) in [5.74, 6) is 0.849. The van der Waals surface area contributed by atoms with Crippen LogP contribution >= 0.6 is 0 Å². The van der Waals surface area contributed by atoms with Gasteiger partial charge in [0.2, 0.25) is 0 Å². The second kappa shape index (κ2) is 7.61. The Kier molecular flexibility index (Phi) is 5.06. The lowest BCUT2D eigenvalue weighted by molar-refractivity contribution is 0.416. The molecule has 4 nitrogen and oxygen atoms in total. The smallest absolute Gasteiger partial charge is 0.128 e. The van der Waals surface area contributed by atoms with Gasteiger partial charge in [0.25, 0.3) is 0 Å². The number of benzene rings is 2. The van der Waals surface area contributed by atoms with Crippen molar-refractivity contribution in [3.05, 3.63) is 71.9 Å². The van der Waals surface area contributed by atoms with E-state index in [-0.39, 0.29) is 0 Å². The van der Waals surface area contributed by atoms with E-state index in [0.717, 1.165) is 42.1 Å². The van der Waals surface area contributed by atoms with Crippen LogP contribution in [0.15, 0.2) is 60.8 Å². The molecule has 0 unspecified atom stereocenters. The highest BCUT2D eigenvalue weighted by molar-refractivity contribution is 5.69. The van der Waals surface area contributed by atoms with Crippen LogP contribution in [0.4, 0.5) is 0 Å². The van der Waals surface area contributed by atoms with Gasteiger partial charge in [0.15, 0.2) is 0 Å². The zero-order valence-corrected chi connectivity index (χ0v) is 13.3. The van der Waals surface area contributed by atoms with Crippen LogP contribution in [0, 0.1) is 0 Å². The molecule has 0 atom stereocenters. The number of aromatic amines is 1. The topological polar surface area (TPSA) is 49.9 Å². The highest BCUT2D eigenvalue weighted by Crippen LogP contribution is 2.30. The molecule has 0 saturated carbocycles. The number of H-pyrrole nitrogens is 1. The van der Waals surface area contributed by atoms with E-state index in [1.54, 1.807) is 7.11 Å². The molecular weight excluding hydrogens is 286 g/mol. The third-order valence-corrected chi connectivity index (χ3v) is 3.84. The molecule has 2 N–H and O–H groups in total. The Morgan fingerprint density at radius 1 is 1.04 bits per heavy atom. The lowest BCUT2D eigenvalue weighted by Crippen LogP contribution is -2.16. The maximum Gasteiger partial charge on any atom is 0.128 e. The van der Waals surface area contributed by atoms with Crippen molar-refractivity contribution in [3.63, 3.8) is 0 Å². The Morgan fingerprint density at radius 3 is 2.65 bits per heavy atom. The normalized spacial score (nSPS) is 10.7. The maximum absolute atomic E-state index is 5.44. The average molecular weight is 307 g/mol. The molecule has 1 heterocycles. The van der Waals surface area contributed by atoms with Gasteiger partial charge in [-0.3, -0.25) is 5.10 Å². The first-order chi connectivity index (χ1) is 11.4. The number of methoxy groups -OCH3 is 1. The summed E-state index contributed by atoms with van der Waals surface area (Å²) < 4.78 is 5.44. The first-order valence-electron chi connectivity index (χ1n) is 7.79. The molecule has 0 amide bonds. The molecule has 3 rings (SSSR count). The van der Waals surface area contributed by atoms with Crippen LogP contribution in [0.3, 0.4) is 0 Å². The van der Waals surface area contributed by atoms with Crippen molar-refractivity contribution in [2.75, 3.05) is 13.7 Å². The summed E-state index contributed by atoms with van der Waals surface area (Å²) in [5.41, 5.74) is 4.53. The summed E-state index contributed by atoms with van der Waals surface area (Å²) in [5, 5.41) is 10.8. The van der Waals surface area contributed by atoms with E-state index in [2.05, 4.69) is 39.8 Å². The number of rotatable bonds is 7. The molecule has 3 aromatic rings. The van der Waals surface area contributed by atoms with Gasteiger partial charge in [0, 0.05) is 17.7 Å². The number of nitrogens with zero attached hydrogens (tertiary/aromatic N) is 1. The molecular formula is C19H21N3O. The lowest BCUT2D eigenvalue weighted by Gasteiger charge is -2.09. The first kappa shape index (κ1) is 15.3. The monoisotopic (exact) mass is 307 g/mol. The number of para-hydroxylation sites is 1. The fourth-order valence-corrected chi connectivity index (χ4v) is 2.63. The van der Waals surface area contributed by atoms with Crippen molar-refractivity contribution < 1.29 is 4.74 Å². The minimum absolute atomic E-state index is 0.775. The van der Waals surface area contributed by atoms with Gasteiger partial charge in [0.05, 0.1) is 19.0 Å². The number of aromatic nitrogens is 2. The summed E-state index contributed by atoms with van der Waals surface area (Å²) >= 11 is 0. The molecule has 0 aliphatic carbocycles. The minimum Gasteiger partial charge on any atom is -0.496 e. The quantitative estimate of drug-likeness (QED) is 0.658.